The van der Waals surface area contributed by atoms with Crippen molar-refractivity contribution in [1.29, 1.82) is 0 Å². The van der Waals surface area contributed by atoms with Crippen molar-refractivity contribution in [2.45, 2.75) is 18.7 Å². The highest BCUT2D eigenvalue weighted by molar-refractivity contribution is 9.10. The van der Waals surface area contributed by atoms with Crippen molar-refractivity contribution < 1.29 is 4.79 Å². The van der Waals surface area contributed by atoms with Crippen LogP contribution in [0, 0.1) is 0 Å². The van der Waals surface area contributed by atoms with Crippen LogP contribution in [0.1, 0.15) is 24.2 Å². The first-order valence-electron chi connectivity index (χ1n) is 6.07. The second-order valence-electron chi connectivity index (χ2n) is 3.94. The molecule has 0 saturated heterocycles. The number of benzene rings is 1. The Bertz CT molecular complexity index is 408. The Morgan fingerprint density at radius 3 is 2.61 bits per heavy atom. The van der Waals surface area contributed by atoms with Crippen molar-refractivity contribution in [2.24, 2.45) is 0 Å². The van der Waals surface area contributed by atoms with Crippen LogP contribution in [-0.4, -0.2) is 37.0 Å². The number of nitrogens with one attached hydrogen (secondary N) is 1. The summed E-state index contributed by atoms with van der Waals surface area (Å²) in [5.74, 6) is -0.0698. The van der Waals surface area contributed by atoms with Gasteiger partial charge >= 0.3 is 0 Å². The molecule has 0 bridgehead atoms. The topological polar surface area (TPSA) is 32.3 Å². The molecule has 0 aliphatic rings. The van der Waals surface area contributed by atoms with Gasteiger partial charge in [0.25, 0.3) is 5.91 Å². The van der Waals surface area contributed by atoms with Gasteiger partial charge in [0.1, 0.15) is 0 Å². The molecule has 0 heterocycles. The molecule has 0 atom stereocenters. The molecule has 0 fully saturated rings. The summed E-state index contributed by atoms with van der Waals surface area (Å²) < 4.78 is 0.923. The van der Waals surface area contributed by atoms with Crippen LogP contribution in [0.2, 0.25) is 0 Å². The van der Waals surface area contributed by atoms with Crippen molar-refractivity contribution in [3.63, 3.8) is 0 Å². The molecule has 0 spiro atoms. The summed E-state index contributed by atoms with van der Waals surface area (Å²) in [6.07, 6.45) is 0. The van der Waals surface area contributed by atoms with Crippen LogP contribution >= 0.6 is 28.6 Å². The monoisotopic (exact) mass is 330 g/mol. The normalized spacial score (nSPS) is 10.7. The van der Waals surface area contributed by atoms with Crippen LogP contribution in [0.4, 0.5) is 0 Å². The number of likely N-dealkylation sites (N-methyl/N-ethyl adjacent to an activating group) is 1. The zero-order valence-electron chi connectivity index (χ0n) is 10.7. The van der Waals surface area contributed by atoms with E-state index in [1.165, 1.54) is 0 Å². The average molecular weight is 331 g/mol. The zero-order chi connectivity index (χ0) is 13.5. The third kappa shape index (κ3) is 4.63. The third-order valence-corrected chi connectivity index (χ3v) is 3.68. The van der Waals surface area contributed by atoms with Gasteiger partial charge in [-0.25, -0.2) is 0 Å². The molecule has 0 aromatic heterocycles. The Morgan fingerprint density at radius 1 is 1.39 bits per heavy atom. The predicted octanol–water partition coefficient (Wildman–Crippen LogP) is 2.81. The molecule has 0 aliphatic carbocycles. The van der Waals surface area contributed by atoms with Gasteiger partial charge in [0.05, 0.1) is 5.56 Å². The van der Waals surface area contributed by atoms with Gasteiger partial charge < -0.3 is 10.2 Å². The van der Waals surface area contributed by atoms with E-state index in [2.05, 4.69) is 52.6 Å². The highest BCUT2D eigenvalue weighted by Crippen LogP contribution is 2.19. The van der Waals surface area contributed by atoms with E-state index in [1.807, 2.05) is 12.1 Å². The van der Waals surface area contributed by atoms with Gasteiger partial charge in [-0.2, -0.15) is 0 Å². The fourth-order valence-electron chi connectivity index (χ4n) is 1.66. The lowest BCUT2D eigenvalue weighted by atomic mass is 10.2. The summed E-state index contributed by atoms with van der Waals surface area (Å²) in [6.45, 7) is 7.77. The van der Waals surface area contributed by atoms with Crippen molar-refractivity contribution in [1.82, 2.24) is 10.2 Å². The van der Waals surface area contributed by atoms with Gasteiger partial charge in [0.15, 0.2) is 0 Å². The number of thiol groups is 1. The van der Waals surface area contributed by atoms with Crippen LogP contribution in [0.25, 0.3) is 0 Å². The number of halogens is 1. The number of nitrogens with zero attached hydrogens (tertiary/aromatic N) is 1. The lowest BCUT2D eigenvalue weighted by Gasteiger charge is -2.18. The number of carbonyl (C=O) groups is 1. The van der Waals surface area contributed by atoms with Crippen LogP contribution in [-0.2, 0) is 0 Å². The van der Waals surface area contributed by atoms with Gasteiger partial charge in [-0.15, -0.1) is 12.6 Å². The summed E-state index contributed by atoms with van der Waals surface area (Å²) in [5.41, 5.74) is 0.612. The van der Waals surface area contributed by atoms with E-state index in [9.17, 15) is 4.79 Å². The minimum absolute atomic E-state index is 0.0698. The first kappa shape index (κ1) is 15.5. The Hall–Kier alpha value is -0.520. The van der Waals surface area contributed by atoms with Crippen molar-refractivity contribution in [3.05, 3.63) is 28.2 Å². The standard InChI is InChI=1S/C13H19BrN2OS/c1-3-16(4-2)8-7-15-13(17)11-6-5-10(14)9-12(11)18/h5-6,9,18H,3-4,7-8H2,1-2H3,(H,15,17). The SMILES string of the molecule is CCN(CC)CCNC(=O)c1ccc(Br)cc1S. The summed E-state index contributed by atoms with van der Waals surface area (Å²) in [5, 5.41) is 2.91. The smallest absolute Gasteiger partial charge is 0.252 e. The largest absolute Gasteiger partial charge is 0.351 e. The summed E-state index contributed by atoms with van der Waals surface area (Å²) in [6, 6.07) is 5.45. The second kappa shape index (κ2) is 7.81. The maximum atomic E-state index is 11.9. The molecule has 1 rings (SSSR count). The van der Waals surface area contributed by atoms with Gasteiger partial charge in [-0.1, -0.05) is 29.8 Å². The highest BCUT2D eigenvalue weighted by Gasteiger charge is 2.09. The third-order valence-electron chi connectivity index (χ3n) is 2.81. The van der Waals surface area contributed by atoms with Crippen molar-refractivity contribution >= 4 is 34.5 Å². The molecule has 0 saturated carbocycles. The summed E-state index contributed by atoms with van der Waals surface area (Å²) in [4.78, 5) is 14.9. The van der Waals surface area contributed by atoms with E-state index in [4.69, 9.17) is 0 Å². The van der Waals surface area contributed by atoms with E-state index in [1.54, 1.807) is 6.07 Å². The van der Waals surface area contributed by atoms with Crippen LogP contribution in [0.15, 0.2) is 27.6 Å². The quantitative estimate of drug-likeness (QED) is 0.786. The Balaban J connectivity index is 2.50. The molecule has 100 valence electrons. The van der Waals surface area contributed by atoms with E-state index in [0.29, 0.717) is 17.0 Å². The molecule has 1 amide bonds. The number of amides is 1. The number of hydrogen-bond acceptors (Lipinski definition) is 3. The molecule has 0 unspecified atom stereocenters. The molecule has 0 radical (unpaired) electrons. The number of carbonyl (C=O) groups excluding carboxylic acids is 1. The van der Waals surface area contributed by atoms with Crippen LogP contribution < -0.4 is 5.32 Å². The molecular weight excluding hydrogens is 312 g/mol. The molecule has 18 heavy (non-hydrogen) atoms. The van der Waals surface area contributed by atoms with Gasteiger partial charge in [-0.3, -0.25) is 4.79 Å². The lowest BCUT2D eigenvalue weighted by Crippen LogP contribution is -2.34. The maximum absolute atomic E-state index is 11.9. The molecule has 1 N–H and O–H groups in total. The minimum Gasteiger partial charge on any atom is -0.351 e. The molecular formula is C13H19BrN2OS. The van der Waals surface area contributed by atoms with Gasteiger partial charge in [0, 0.05) is 22.5 Å². The molecule has 5 heteroatoms. The van der Waals surface area contributed by atoms with Crippen molar-refractivity contribution in [3.8, 4) is 0 Å². The minimum atomic E-state index is -0.0698. The molecule has 1 aromatic carbocycles. The fraction of sp³-hybridized carbons (Fsp3) is 0.462. The summed E-state index contributed by atoms with van der Waals surface area (Å²) in [7, 11) is 0. The van der Waals surface area contributed by atoms with E-state index >= 15 is 0 Å². The maximum Gasteiger partial charge on any atom is 0.252 e. The highest BCUT2D eigenvalue weighted by atomic mass is 79.9. The van der Waals surface area contributed by atoms with Crippen molar-refractivity contribution in [2.75, 3.05) is 26.2 Å². The first-order chi connectivity index (χ1) is 8.58. The van der Waals surface area contributed by atoms with E-state index in [-0.39, 0.29) is 5.91 Å². The second-order valence-corrected chi connectivity index (χ2v) is 5.34. The van der Waals surface area contributed by atoms with E-state index < -0.39 is 0 Å². The Labute approximate surface area is 122 Å². The average Bonchev–Trinajstić information content (AvgIpc) is 2.34. The lowest BCUT2D eigenvalue weighted by molar-refractivity contribution is 0.0946. The van der Waals surface area contributed by atoms with Gasteiger partial charge in [0.2, 0.25) is 0 Å². The molecule has 0 aliphatic heterocycles. The van der Waals surface area contributed by atoms with Crippen LogP contribution in [0.3, 0.4) is 0 Å². The van der Waals surface area contributed by atoms with E-state index in [0.717, 1.165) is 24.1 Å². The zero-order valence-corrected chi connectivity index (χ0v) is 13.2. The first-order valence-corrected chi connectivity index (χ1v) is 7.31. The molecule has 1 aromatic rings. The van der Waals surface area contributed by atoms with Crippen LogP contribution in [0.5, 0.6) is 0 Å². The Kier molecular flexibility index (Phi) is 6.75. The summed E-state index contributed by atoms with van der Waals surface area (Å²) >= 11 is 7.65. The number of hydrogen-bond donors (Lipinski definition) is 2. The number of rotatable bonds is 6. The predicted molar refractivity (Wildman–Crippen MR) is 81.5 cm³/mol. The molecule has 3 nitrogen and oxygen atoms in total. The Morgan fingerprint density at radius 2 is 2.06 bits per heavy atom. The fourth-order valence-corrected chi connectivity index (χ4v) is 2.51. The van der Waals surface area contributed by atoms with Gasteiger partial charge in [-0.05, 0) is 31.3 Å².